The van der Waals surface area contributed by atoms with Crippen molar-refractivity contribution in [1.82, 2.24) is 4.90 Å². The Kier molecular flexibility index (Phi) is 3.50. The van der Waals surface area contributed by atoms with Crippen molar-refractivity contribution in [1.29, 1.82) is 0 Å². The molecule has 1 rings (SSSR count). The van der Waals surface area contributed by atoms with Gasteiger partial charge < -0.3 is 9.84 Å². The van der Waals surface area contributed by atoms with Crippen LogP contribution in [0.25, 0.3) is 0 Å². The summed E-state index contributed by atoms with van der Waals surface area (Å²) in [5.74, 6) is 0.411. The maximum Gasteiger partial charge on any atom is 0.0704 e. The van der Waals surface area contributed by atoms with Crippen LogP contribution in [-0.4, -0.2) is 49.0 Å². The van der Waals surface area contributed by atoms with Crippen molar-refractivity contribution in [3.8, 4) is 0 Å². The number of rotatable bonds is 3. The van der Waals surface area contributed by atoms with Gasteiger partial charge in [0.2, 0.25) is 0 Å². The Labute approximate surface area is 74.3 Å². The second-order valence-corrected chi connectivity index (χ2v) is 3.81. The fourth-order valence-corrected chi connectivity index (χ4v) is 1.64. The molecule has 0 radical (unpaired) electrons. The van der Waals surface area contributed by atoms with Gasteiger partial charge in [0.15, 0.2) is 0 Å². The highest BCUT2D eigenvalue weighted by molar-refractivity contribution is 4.81. The number of aliphatic hydroxyl groups is 1. The van der Waals surface area contributed by atoms with Gasteiger partial charge in [0, 0.05) is 26.7 Å². The molecule has 0 spiro atoms. The number of ether oxygens (including phenoxy) is 1. The predicted octanol–water partition coefficient (Wildman–Crippen LogP) is 0.334. The van der Waals surface area contributed by atoms with Crippen molar-refractivity contribution in [3.63, 3.8) is 0 Å². The summed E-state index contributed by atoms with van der Waals surface area (Å²) < 4.78 is 5.16. The Morgan fingerprint density at radius 3 is 2.67 bits per heavy atom. The summed E-state index contributed by atoms with van der Waals surface area (Å²) in [5, 5.41) is 9.47. The lowest BCUT2D eigenvalue weighted by Gasteiger charge is -2.18. The van der Waals surface area contributed by atoms with Crippen LogP contribution in [0.2, 0.25) is 0 Å². The van der Waals surface area contributed by atoms with Crippen molar-refractivity contribution in [2.75, 3.05) is 26.7 Å². The predicted molar refractivity (Wildman–Crippen MR) is 48.1 cm³/mol. The minimum Gasteiger partial charge on any atom is -0.391 e. The molecule has 0 amide bonds. The summed E-state index contributed by atoms with van der Waals surface area (Å²) in [6.45, 7) is 6.86. The zero-order valence-corrected chi connectivity index (χ0v) is 8.16. The van der Waals surface area contributed by atoms with Crippen molar-refractivity contribution >= 4 is 0 Å². The first kappa shape index (κ1) is 9.96. The topological polar surface area (TPSA) is 32.7 Å². The minimum absolute atomic E-state index is 0.144. The molecule has 1 saturated heterocycles. The second-order valence-electron chi connectivity index (χ2n) is 3.81. The summed E-state index contributed by atoms with van der Waals surface area (Å²) >= 11 is 0. The lowest BCUT2D eigenvalue weighted by Crippen LogP contribution is -2.30. The molecule has 3 heteroatoms. The Hall–Kier alpha value is -0.120. The first-order valence-corrected chi connectivity index (χ1v) is 4.56. The average molecular weight is 173 g/mol. The molecular weight excluding hydrogens is 154 g/mol. The van der Waals surface area contributed by atoms with E-state index in [4.69, 9.17) is 4.74 Å². The number of hydrogen-bond acceptors (Lipinski definition) is 3. The van der Waals surface area contributed by atoms with Crippen LogP contribution < -0.4 is 0 Å². The molecule has 1 heterocycles. The average Bonchev–Trinajstić information content (AvgIpc) is 2.31. The fourth-order valence-electron chi connectivity index (χ4n) is 1.64. The van der Waals surface area contributed by atoms with Crippen LogP contribution in [0.1, 0.15) is 13.8 Å². The van der Waals surface area contributed by atoms with Crippen LogP contribution in [0, 0.1) is 5.92 Å². The lowest BCUT2D eigenvalue weighted by atomic mass is 10.1. The van der Waals surface area contributed by atoms with E-state index in [1.54, 1.807) is 7.11 Å². The zero-order valence-electron chi connectivity index (χ0n) is 8.16. The van der Waals surface area contributed by atoms with Crippen molar-refractivity contribution < 1.29 is 9.84 Å². The highest BCUT2D eigenvalue weighted by Gasteiger charge is 2.28. The van der Waals surface area contributed by atoms with Gasteiger partial charge in [-0.1, -0.05) is 6.92 Å². The second kappa shape index (κ2) is 4.21. The summed E-state index contributed by atoms with van der Waals surface area (Å²) in [6, 6.07) is 0. The van der Waals surface area contributed by atoms with Gasteiger partial charge in [-0.15, -0.1) is 0 Å². The van der Waals surface area contributed by atoms with Crippen LogP contribution in [-0.2, 0) is 4.74 Å². The molecule has 0 aromatic heterocycles. The van der Waals surface area contributed by atoms with Crippen molar-refractivity contribution in [3.05, 3.63) is 0 Å². The summed E-state index contributed by atoms with van der Waals surface area (Å²) in [7, 11) is 1.72. The van der Waals surface area contributed by atoms with Gasteiger partial charge in [-0.25, -0.2) is 0 Å². The summed E-state index contributed by atoms with van der Waals surface area (Å²) in [6.07, 6.45) is 0.122. The highest BCUT2D eigenvalue weighted by atomic mass is 16.5. The van der Waals surface area contributed by atoms with Gasteiger partial charge in [0.25, 0.3) is 0 Å². The van der Waals surface area contributed by atoms with Gasteiger partial charge in [0.05, 0.1) is 12.2 Å². The third kappa shape index (κ3) is 2.44. The van der Waals surface area contributed by atoms with Gasteiger partial charge >= 0.3 is 0 Å². The molecule has 0 aliphatic carbocycles. The normalized spacial score (nSPS) is 34.0. The molecule has 1 aliphatic rings. The number of β-amino-alcohol motifs (C(OH)–C–C–N with tert-alkyl or cyclic N) is 1. The molecule has 72 valence electrons. The molecule has 0 bridgehead atoms. The van der Waals surface area contributed by atoms with E-state index in [0.717, 1.165) is 19.6 Å². The standard InChI is InChI=1S/C9H19NO2/c1-7-4-10(6-9(7)11)5-8(2)12-3/h7-9,11H,4-6H2,1-3H3. The van der Waals surface area contributed by atoms with E-state index in [0.29, 0.717) is 5.92 Å². The summed E-state index contributed by atoms with van der Waals surface area (Å²) in [5.41, 5.74) is 0. The van der Waals surface area contributed by atoms with Crippen LogP contribution >= 0.6 is 0 Å². The van der Waals surface area contributed by atoms with E-state index in [2.05, 4.69) is 18.7 Å². The van der Waals surface area contributed by atoms with Gasteiger partial charge in [-0.2, -0.15) is 0 Å². The van der Waals surface area contributed by atoms with Gasteiger partial charge in [-0.3, -0.25) is 4.90 Å². The van der Waals surface area contributed by atoms with E-state index in [9.17, 15) is 5.11 Å². The lowest BCUT2D eigenvalue weighted by molar-refractivity contribution is 0.0793. The van der Waals surface area contributed by atoms with E-state index in [1.165, 1.54) is 0 Å². The minimum atomic E-state index is -0.144. The summed E-state index contributed by atoms with van der Waals surface area (Å²) in [4.78, 5) is 2.25. The van der Waals surface area contributed by atoms with Crippen molar-refractivity contribution in [2.45, 2.75) is 26.1 Å². The maximum atomic E-state index is 9.47. The Morgan fingerprint density at radius 1 is 1.58 bits per heavy atom. The van der Waals surface area contributed by atoms with Crippen molar-refractivity contribution in [2.24, 2.45) is 5.92 Å². The van der Waals surface area contributed by atoms with E-state index < -0.39 is 0 Å². The third-order valence-corrected chi connectivity index (χ3v) is 2.57. The third-order valence-electron chi connectivity index (χ3n) is 2.57. The smallest absolute Gasteiger partial charge is 0.0704 e. The largest absolute Gasteiger partial charge is 0.391 e. The van der Waals surface area contributed by atoms with Gasteiger partial charge in [0.1, 0.15) is 0 Å². The van der Waals surface area contributed by atoms with Gasteiger partial charge in [-0.05, 0) is 12.8 Å². The number of methoxy groups -OCH3 is 1. The molecular formula is C9H19NO2. The first-order chi connectivity index (χ1) is 5.63. The molecule has 1 aliphatic heterocycles. The van der Waals surface area contributed by atoms with E-state index in [1.807, 2.05) is 0 Å². The Bertz CT molecular complexity index is 130. The quantitative estimate of drug-likeness (QED) is 0.668. The highest BCUT2D eigenvalue weighted by Crippen LogP contribution is 2.16. The SMILES string of the molecule is COC(C)CN1CC(C)C(O)C1. The number of nitrogens with zero attached hydrogens (tertiary/aromatic N) is 1. The van der Waals surface area contributed by atoms with Crippen LogP contribution in [0.3, 0.4) is 0 Å². The molecule has 1 N–H and O–H groups in total. The zero-order chi connectivity index (χ0) is 9.14. The van der Waals surface area contributed by atoms with Crippen LogP contribution in [0.4, 0.5) is 0 Å². The molecule has 12 heavy (non-hydrogen) atoms. The molecule has 0 aromatic rings. The number of aliphatic hydroxyl groups excluding tert-OH is 1. The first-order valence-electron chi connectivity index (χ1n) is 4.56. The maximum absolute atomic E-state index is 9.47. The molecule has 1 fully saturated rings. The Morgan fingerprint density at radius 2 is 2.25 bits per heavy atom. The van der Waals surface area contributed by atoms with Crippen LogP contribution in [0.5, 0.6) is 0 Å². The van der Waals surface area contributed by atoms with E-state index >= 15 is 0 Å². The molecule has 0 saturated carbocycles. The fraction of sp³-hybridized carbons (Fsp3) is 1.00. The van der Waals surface area contributed by atoms with Crippen LogP contribution in [0.15, 0.2) is 0 Å². The molecule has 3 unspecified atom stereocenters. The number of hydrogen-bond donors (Lipinski definition) is 1. The van der Waals surface area contributed by atoms with E-state index in [-0.39, 0.29) is 12.2 Å². The molecule has 0 aromatic carbocycles. The molecule has 3 nitrogen and oxygen atoms in total. The number of likely N-dealkylation sites (tertiary alicyclic amines) is 1. The monoisotopic (exact) mass is 173 g/mol. The Balaban J connectivity index is 2.27. The molecule has 3 atom stereocenters.